The van der Waals surface area contributed by atoms with Crippen molar-refractivity contribution in [3.63, 3.8) is 0 Å². The van der Waals surface area contributed by atoms with Crippen LogP contribution in [0.2, 0.25) is 5.02 Å². The average Bonchev–Trinajstić information content (AvgIpc) is 2.80. The molecule has 0 unspecified atom stereocenters. The summed E-state index contributed by atoms with van der Waals surface area (Å²) in [6.07, 6.45) is 1.49. The molecule has 1 N–H and O–H groups in total. The van der Waals surface area contributed by atoms with Crippen molar-refractivity contribution < 1.29 is 14.3 Å². The Kier molecular flexibility index (Phi) is 7.30. The predicted octanol–water partition coefficient (Wildman–Crippen LogP) is 6.59. The zero-order chi connectivity index (χ0) is 24.3. The van der Waals surface area contributed by atoms with Crippen LogP contribution in [-0.4, -0.2) is 19.1 Å². The molecule has 0 radical (unpaired) electrons. The molecule has 3 aromatic rings. The normalized spacial score (nSPS) is 15.1. The summed E-state index contributed by atoms with van der Waals surface area (Å²) in [4.78, 5) is 13.6. The van der Waals surface area contributed by atoms with E-state index < -0.39 is 5.54 Å². The highest BCUT2D eigenvalue weighted by Gasteiger charge is 2.36. The van der Waals surface area contributed by atoms with E-state index in [2.05, 4.69) is 37.4 Å². The summed E-state index contributed by atoms with van der Waals surface area (Å²) in [5, 5.41) is 3.97. The number of carbonyl (C=O) groups excluding carboxylic acids is 1. The second kappa shape index (κ2) is 10.2. The van der Waals surface area contributed by atoms with E-state index in [0.717, 1.165) is 35.1 Å². The topological polar surface area (TPSA) is 47.6 Å². The molecule has 4 nitrogen and oxygen atoms in total. The Morgan fingerprint density at radius 1 is 0.941 bits per heavy atom. The summed E-state index contributed by atoms with van der Waals surface area (Å²) >= 11 is 6.27. The van der Waals surface area contributed by atoms with Crippen LogP contribution < -0.4 is 10.1 Å². The molecular formula is C29H32ClNO3. The summed E-state index contributed by atoms with van der Waals surface area (Å²) in [5.74, 6) is 0.568. The molecule has 1 saturated heterocycles. The van der Waals surface area contributed by atoms with E-state index >= 15 is 0 Å². The maximum Gasteiger partial charge on any atom is 0.252 e. The second-order valence-electron chi connectivity index (χ2n) is 9.40. The number of aryl methyl sites for hydroxylation is 4. The molecular weight excluding hydrogens is 446 g/mol. The SMILES string of the molecule is Cc1cc(C)cc(C2(NC(=O)c3cc(COc4cc(C)ccc4Cl)ccc3C)CCOCC2)c1. The van der Waals surface area contributed by atoms with E-state index in [0.29, 0.717) is 36.2 Å². The van der Waals surface area contributed by atoms with Crippen molar-refractivity contribution in [3.05, 3.63) is 98.6 Å². The van der Waals surface area contributed by atoms with Gasteiger partial charge in [-0.3, -0.25) is 4.79 Å². The maximum absolute atomic E-state index is 13.6. The quantitative estimate of drug-likeness (QED) is 0.435. The van der Waals surface area contributed by atoms with E-state index in [1.165, 1.54) is 11.1 Å². The molecule has 1 amide bonds. The largest absolute Gasteiger partial charge is 0.487 e. The van der Waals surface area contributed by atoms with Crippen molar-refractivity contribution in [2.45, 2.75) is 52.7 Å². The summed E-state index contributed by atoms with van der Waals surface area (Å²) in [6.45, 7) is 9.73. The minimum Gasteiger partial charge on any atom is -0.487 e. The third-order valence-electron chi connectivity index (χ3n) is 6.50. The third kappa shape index (κ3) is 5.45. The molecule has 0 aliphatic carbocycles. The Morgan fingerprint density at radius 2 is 1.65 bits per heavy atom. The lowest BCUT2D eigenvalue weighted by molar-refractivity contribution is 0.0345. The molecule has 3 aromatic carbocycles. The van der Waals surface area contributed by atoms with Crippen molar-refractivity contribution in [1.82, 2.24) is 5.32 Å². The fraction of sp³-hybridized carbons (Fsp3) is 0.345. The predicted molar refractivity (Wildman–Crippen MR) is 137 cm³/mol. The highest BCUT2D eigenvalue weighted by Crippen LogP contribution is 2.34. The maximum atomic E-state index is 13.6. The molecule has 0 spiro atoms. The number of hydrogen-bond acceptors (Lipinski definition) is 3. The van der Waals surface area contributed by atoms with Crippen LogP contribution >= 0.6 is 11.6 Å². The van der Waals surface area contributed by atoms with Gasteiger partial charge in [-0.15, -0.1) is 0 Å². The van der Waals surface area contributed by atoms with Crippen LogP contribution in [-0.2, 0) is 16.9 Å². The molecule has 4 rings (SSSR count). The van der Waals surface area contributed by atoms with E-state index in [1.54, 1.807) is 0 Å². The van der Waals surface area contributed by atoms with Crippen LogP contribution in [0.4, 0.5) is 0 Å². The van der Waals surface area contributed by atoms with Crippen LogP contribution in [0.15, 0.2) is 54.6 Å². The van der Waals surface area contributed by atoms with Gasteiger partial charge in [0, 0.05) is 18.8 Å². The number of halogens is 1. The Morgan fingerprint density at radius 3 is 2.35 bits per heavy atom. The van der Waals surface area contributed by atoms with Crippen molar-refractivity contribution in [2.75, 3.05) is 13.2 Å². The monoisotopic (exact) mass is 477 g/mol. The van der Waals surface area contributed by atoms with Crippen LogP contribution in [0.5, 0.6) is 5.75 Å². The third-order valence-corrected chi connectivity index (χ3v) is 6.81. The lowest BCUT2D eigenvalue weighted by Gasteiger charge is -2.39. The van der Waals surface area contributed by atoms with Gasteiger partial charge in [-0.2, -0.15) is 0 Å². The molecule has 5 heteroatoms. The smallest absolute Gasteiger partial charge is 0.252 e. The molecule has 0 aromatic heterocycles. The van der Waals surface area contributed by atoms with E-state index in [4.69, 9.17) is 21.1 Å². The number of rotatable bonds is 6. The van der Waals surface area contributed by atoms with Gasteiger partial charge in [-0.1, -0.05) is 59.1 Å². The van der Waals surface area contributed by atoms with Gasteiger partial charge < -0.3 is 14.8 Å². The highest BCUT2D eigenvalue weighted by atomic mass is 35.5. The number of amides is 1. The molecule has 1 heterocycles. The van der Waals surface area contributed by atoms with Gasteiger partial charge in [0.25, 0.3) is 5.91 Å². The number of carbonyl (C=O) groups is 1. The number of benzene rings is 3. The van der Waals surface area contributed by atoms with Crippen molar-refractivity contribution in [1.29, 1.82) is 0 Å². The molecule has 34 heavy (non-hydrogen) atoms. The Bertz CT molecular complexity index is 1180. The van der Waals surface area contributed by atoms with E-state index in [9.17, 15) is 4.79 Å². The van der Waals surface area contributed by atoms with Gasteiger partial charge in [-0.05, 0) is 81.0 Å². The number of ether oxygens (including phenoxy) is 2. The Balaban J connectivity index is 1.58. The van der Waals surface area contributed by atoms with Gasteiger partial charge in [0.1, 0.15) is 12.4 Å². The summed E-state index contributed by atoms with van der Waals surface area (Å²) in [6, 6.07) is 18.1. The Hall–Kier alpha value is -2.82. The van der Waals surface area contributed by atoms with E-state index in [-0.39, 0.29) is 5.91 Å². The molecule has 178 valence electrons. The van der Waals surface area contributed by atoms with Gasteiger partial charge in [0.15, 0.2) is 0 Å². The minimum absolute atomic E-state index is 0.0750. The van der Waals surface area contributed by atoms with Gasteiger partial charge >= 0.3 is 0 Å². The molecule has 0 bridgehead atoms. The first-order valence-corrected chi connectivity index (χ1v) is 12.1. The molecule has 0 atom stereocenters. The zero-order valence-corrected chi connectivity index (χ0v) is 21.1. The van der Waals surface area contributed by atoms with Gasteiger partial charge in [0.05, 0.1) is 10.6 Å². The molecule has 0 saturated carbocycles. The fourth-order valence-electron chi connectivity index (χ4n) is 4.63. The fourth-order valence-corrected chi connectivity index (χ4v) is 4.80. The first-order valence-electron chi connectivity index (χ1n) is 11.7. The summed E-state index contributed by atoms with van der Waals surface area (Å²) < 4.78 is 11.6. The minimum atomic E-state index is -0.444. The van der Waals surface area contributed by atoms with Crippen molar-refractivity contribution in [2.24, 2.45) is 0 Å². The van der Waals surface area contributed by atoms with Gasteiger partial charge in [0.2, 0.25) is 0 Å². The number of nitrogens with one attached hydrogen (secondary N) is 1. The van der Waals surface area contributed by atoms with Crippen molar-refractivity contribution >= 4 is 17.5 Å². The first kappa shape index (κ1) is 24.3. The first-order chi connectivity index (χ1) is 16.3. The number of hydrogen-bond donors (Lipinski definition) is 1. The van der Waals surface area contributed by atoms with Crippen LogP contribution in [0, 0.1) is 27.7 Å². The average molecular weight is 478 g/mol. The lowest BCUT2D eigenvalue weighted by Crippen LogP contribution is -2.49. The molecule has 1 aliphatic rings. The summed E-state index contributed by atoms with van der Waals surface area (Å²) in [5.41, 5.74) is 6.68. The standard InChI is InChI=1S/C29H32ClNO3/c1-19-5-8-26(30)27(16-19)34-18-23-7-6-22(4)25(17-23)28(32)31-29(9-11-33-12-10-29)24-14-20(2)13-21(3)15-24/h5-8,13-17H,9-12,18H2,1-4H3,(H,31,32). The molecule has 1 fully saturated rings. The highest BCUT2D eigenvalue weighted by molar-refractivity contribution is 6.32. The van der Waals surface area contributed by atoms with Crippen LogP contribution in [0.25, 0.3) is 0 Å². The zero-order valence-electron chi connectivity index (χ0n) is 20.3. The second-order valence-corrected chi connectivity index (χ2v) is 9.80. The van der Waals surface area contributed by atoms with Crippen molar-refractivity contribution in [3.8, 4) is 5.75 Å². The van der Waals surface area contributed by atoms with Gasteiger partial charge in [-0.25, -0.2) is 0 Å². The van der Waals surface area contributed by atoms with E-state index in [1.807, 2.05) is 50.2 Å². The van der Waals surface area contributed by atoms with Crippen LogP contribution in [0.1, 0.15) is 56.6 Å². The van der Waals surface area contributed by atoms with Crippen LogP contribution in [0.3, 0.4) is 0 Å². The lowest BCUT2D eigenvalue weighted by atomic mass is 9.81. The molecule has 1 aliphatic heterocycles. The summed E-state index contributed by atoms with van der Waals surface area (Å²) in [7, 11) is 0. The Labute approximate surface area is 207 Å².